The van der Waals surface area contributed by atoms with Gasteiger partial charge in [-0.2, -0.15) is 0 Å². The number of hydrogen-bond donors (Lipinski definition) is 2. The van der Waals surface area contributed by atoms with Gasteiger partial charge in [-0.3, -0.25) is 4.79 Å². The molecule has 3 rings (SSSR count). The van der Waals surface area contributed by atoms with Crippen LogP contribution in [0.15, 0.2) is 12.1 Å². The summed E-state index contributed by atoms with van der Waals surface area (Å²) < 4.78 is 0. The van der Waals surface area contributed by atoms with Crippen LogP contribution < -0.4 is 5.73 Å². The van der Waals surface area contributed by atoms with Crippen LogP contribution in [-0.4, -0.2) is 39.9 Å². The molecule has 0 unspecified atom stereocenters. The molecule has 0 aliphatic carbocycles. The Morgan fingerprint density at radius 2 is 2.09 bits per heavy atom. The Morgan fingerprint density at radius 1 is 1.41 bits per heavy atom. The van der Waals surface area contributed by atoms with Crippen LogP contribution in [-0.2, 0) is 0 Å². The minimum atomic E-state index is -0.500. The third kappa shape index (κ3) is 2.83. The molecule has 1 aliphatic heterocycles. The lowest BCUT2D eigenvalue weighted by atomic mass is 9.95. The number of aromatic amines is 1. The minimum Gasteiger partial charge on any atom is -0.366 e. The number of halogens is 1. The van der Waals surface area contributed by atoms with E-state index in [1.54, 1.807) is 12.1 Å². The standard InChI is InChI=1S/C16H21ClN4O/c1-9(2)21-5-3-10(4-6-21)16-19-13-8-11(17)7-12(15(18)22)14(13)20-16/h7-10H,3-6H2,1-2H3,(H2,18,22)(H,19,20). The summed E-state index contributed by atoms with van der Waals surface area (Å²) in [6.45, 7) is 6.59. The third-order valence-electron chi connectivity index (χ3n) is 4.48. The molecular weight excluding hydrogens is 300 g/mol. The molecule has 118 valence electrons. The summed E-state index contributed by atoms with van der Waals surface area (Å²) >= 11 is 6.05. The molecule has 3 N–H and O–H groups in total. The van der Waals surface area contributed by atoms with Crippen molar-refractivity contribution in [3.8, 4) is 0 Å². The van der Waals surface area contributed by atoms with Crippen LogP contribution >= 0.6 is 11.6 Å². The van der Waals surface area contributed by atoms with Gasteiger partial charge in [0.05, 0.1) is 11.1 Å². The Morgan fingerprint density at radius 3 is 2.68 bits per heavy atom. The lowest BCUT2D eigenvalue weighted by Crippen LogP contribution is -2.38. The van der Waals surface area contributed by atoms with Crippen LogP contribution in [0.3, 0.4) is 0 Å². The maximum Gasteiger partial charge on any atom is 0.251 e. The number of carbonyl (C=O) groups excluding carboxylic acids is 1. The van der Waals surface area contributed by atoms with Crippen molar-refractivity contribution < 1.29 is 4.79 Å². The van der Waals surface area contributed by atoms with E-state index in [4.69, 9.17) is 17.3 Å². The number of primary amides is 1. The zero-order valence-corrected chi connectivity index (χ0v) is 13.7. The lowest BCUT2D eigenvalue weighted by Gasteiger charge is -2.33. The van der Waals surface area contributed by atoms with Crippen LogP contribution in [0.1, 0.15) is 48.8 Å². The van der Waals surface area contributed by atoms with E-state index in [1.807, 2.05) is 0 Å². The molecule has 6 heteroatoms. The predicted molar refractivity (Wildman–Crippen MR) is 88.3 cm³/mol. The second-order valence-electron chi connectivity index (χ2n) is 6.24. The Hall–Kier alpha value is -1.59. The first-order valence-corrected chi connectivity index (χ1v) is 8.06. The molecule has 1 fully saturated rings. The monoisotopic (exact) mass is 320 g/mol. The van der Waals surface area contributed by atoms with Crippen LogP contribution in [0.5, 0.6) is 0 Å². The molecule has 2 heterocycles. The van der Waals surface area contributed by atoms with Crippen LogP contribution in [0.2, 0.25) is 5.02 Å². The number of benzene rings is 1. The average molecular weight is 321 g/mol. The summed E-state index contributed by atoms with van der Waals surface area (Å²) in [6, 6.07) is 3.96. The quantitative estimate of drug-likeness (QED) is 0.913. The molecule has 1 aromatic carbocycles. The largest absolute Gasteiger partial charge is 0.366 e. The summed E-state index contributed by atoms with van der Waals surface area (Å²) in [5, 5.41) is 0.492. The molecule has 1 amide bonds. The van der Waals surface area contributed by atoms with Gasteiger partial charge in [-0.1, -0.05) is 11.6 Å². The number of hydrogen-bond acceptors (Lipinski definition) is 3. The molecule has 1 saturated heterocycles. The predicted octanol–water partition coefficient (Wildman–Crippen LogP) is 2.90. The molecule has 0 radical (unpaired) electrons. The summed E-state index contributed by atoms with van der Waals surface area (Å²) in [6.07, 6.45) is 2.13. The molecule has 1 aliphatic rings. The van der Waals surface area contributed by atoms with E-state index in [0.29, 0.717) is 28.1 Å². The van der Waals surface area contributed by atoms with E-state index >= 15 is 0 Å². The number of imidazole rings is 1. The fraction of sp³-hybridized carbons (Fsp3) is 0.500. The number of carbonyl (C=O) groups is 1. The lowest BCUT2D eigenvalue weighted by molar-refractivity contribution is 0.100. The summed E-state index contributed by atoms with van der Waals surface area (Å²) in [5.74, 6) is 0.824. The van der Waals surface area contributed by atoms with Gasteiger partial charge in [0, 0.05) is 17.0 Å². The Kier molecular flexibility index (Phi) is 4.10. The summed E-state index contributed by atoms with van der Waals surface area (Å²) in [4.78, 5) is 22.0. The van der Waals surface area contributed by atoms with E-state index in [1.165, 1.54) is 0 Å². The summed E-state index contributed by atoms with van der Waals surface area (Å²) in [5.41, 5.74) is 7.21. The summed E-state index contributed by atoms with van der Waals surface area (Å²) in [7, 11) is 0. The Balaban J connectivity index is 1.90. The maximum absolute atomic E-state index is 11.6. The van der Waals surface area contributed by atoms with Gasteiger partial charge in [0.25, 0.3) is 5.91 Å². The first kappa shape index (κ1) is 15.3. The molecule has 1 aromatic heterocycles. The van der Waals surface area contributed by atoms with E-state index in [-0.39, 0.29) is 0 Å². The fourth-order valence-corrected chi connectivity index (χ4v) is 3.39. The molecule has 2 aromatic rings. The second kappa shape index (κ2) is 5.89. The molecule has 0 saturated carbocycles. The number of H-pyrrole nitrogens is 1. The second-order valence-corrected chi connectivity index (χ2v) is 6.68. The Labute approximate surface area is 134 Å². The highest BCUT2D eigenvalue weighted by Crippen LogP contribution is 2.30. The van der Waals surface area contributed by atoms with Crippen LogP contribution in [0.4, 0.5) is 0 Å². The van der Waals surface area contributed by atoms with Crippen molar-refractivity contribution in [1.82, 2.24) is 14.9 Å². The van der Waals surface area contributed by atoms with E-state index < -0.39 is 5.91 Å². The highest BCUT2D eigenvalue weighted by atomic mass is 35.5. The number of piperidine rings is 1. The van der Waals surface area contributed by atoms with Crippen LogP contribution in [0, 0.1) is 0 Å². The van der Waals surface area contributed by atoms with Crippen molar-refractivity contribution in [3.05, 3.63) is 28.5 Å². The van der Waals surface area contributed by atoms with Crippen molar-refractivity contribution in [1.29, 1.82) is 0 Å². The van der Waals surface area contributed by atoms with E-state index in [9.17, 15) is 4.79 Å². The first-order chi connectivity index (χ1) is 10.5. The number of aromatic nitrogens is 2. The number of fused-ring (bicyclic) bond motifs is 1. The molecule has 0 atom stereocenters. The molecule has 0 bridgehead atoms. The van der Waals surface area contributed by atoms with Crippen molar-refractivity contribution in [2.24, 2.45) is 5.73 Å². The SMILES string of the molecule is CC(C)N1CCC(c2nc3c(C(N)=O)cc(Cl)cc3[nH]2)CC1. The van der Waals surface area contributed by atoms with Crippen LogP contribution in [0.25, 0.3) is 11.0 Å². The number of amides is 1. The van der Waals surface area contributed by atoms with Gasteiger partial charge in [-0.15, -0.1) is 0 Å². The normalized spacial score (nSPS) is 17.5. The minimum absolute atomic E-state index is 0.379. The number of nitrogens with one attached hydrogen (secondary N) is 1. The topological polar surface area (TPSA) is 75.0 Å². The zero-order valence-electron chi connectivity index (χ0n) is 12.9. The van der Waals surface area contributed by atoms with Gasteiger partial charge in [-0.05, 0) is 51.9 Å². The average Bonchev–Trinajstić information content (AvgIpc) is 2.89. The first-order valence-electron chi connectivity index (χ1n) is 7.68. The number of nitrogens with zero attached hydrogens (tertiary/aromatic N) is 2. The van der Waals surface area contributed by atoms with Crippen molar-refractivity contribution in [3.63, 3.8) is 0 Å². The molecule has 5 nitrogen and oxygen atoms in total. The Bertz CT molecular complexity index is 701. The van der Waals surface area contributed by atoms with E-state index in [0.717, 1.165) is 37.3 Å². The van der Waals surface area contributed by atoms with Crippen molar-refractivity contribution in [2.75, 3.05) is 13.1 Å². The number of rotatable bonds is 3. The van der Waals surface area contributed by atoms with Gasteiger partial charge < -0.3 is 15.6 Å². The van der Waals surface area contributed by atoms with Gasteiger partial charge in [0.2, 0.25) is 0 Å². The van der Waals surface area contributed by atoms with E-state index in [2.05, 4.69) is 28.7 Å². The number of likely N-dealkylation sites (tertiary alicyclic amines) is 1. The number of nitrogens with two attached hydrogens (primary N) is 1. The molecule has 0 spiro atoms. The third-order valence-corrected chi connectivity index (χ3v) is 4.70. The van der Waals surface area contributed by atoms with Gasteiger partial charge in [-0.25, -0.2) is 4.98 Å². The highest BCUT2D eigenvalue weighted by molar-refractivity contribution is 6.32. The maximum atomic E-state index is 11.6. The van der Waals surface area contributed by atoms with Gasteiger partial charge in [0.15, 0.2) is 0 Å². The highest BCUT2D eigenvalue weighted by Gasteiger charge is 2.25. The molecule has 22 heavy (non-hydrogen) atoms. The molecular formula is C16H21ClN4O. The fourth-order valence-electron chi connectivity index (χ4n) is 3.17. The van der Waals surface area contributed by atoms with Gasteiger partial charge >= 0.3 is 0 Å². The smallest absolute Gasteiger partial charge is 0.251 e. The van der Waals surface area contributed by atoms with Crippen molar-refractivity contribution >= 4 is 28.5 Å². The van der Waals surface area contributed by atoms with Crippen molar-refractivity contribution in [2.45, 2.75) is 38.6 Å². The van der Waals surface area contributed by atoms with Gasteiger partial charge in [0.1, 0.15) is 11.3 Å². The zero-order chi connectivity index (χ0) is 15.9.